The van der Waals surface area contributed by atoms with Crippen molar-refractivity contribution >= 4 is 27.0 Å². The lowest BCUT2D eigenvalue weighted by atomic mass is 10.0. The molecule has 1 aliphatic heterocycles. The number of hydrogen-bond donors (Lipinski definition) is 0. The predicted octanol–water partition coefficient (Wildman–Crippen LogP) is 4.01. The molecule has 1 saturated heterocycles. The van der Waals surface area contributed by atoms with Gasteiger partial charge in [0.15, 0.2) is 5.58 Å². The van der Waals surface area contributed by atoms with Crippen molar-refractivity contribution in [2.75, 3.05) is 6.61 Å². The number of nitrogens with zero attached hydrogens (tertiary/aromatic N) is 1. The molecular weight excluding hydrogens is 334 g/mol. The Hall–Kier alpha value is -1.07. The highest BCUT2D eigenvalue weighted by Gasteiger charge is 2.21. The number of rotatable bonds is 5. The van der Waals surface area contributed by atoms with Crippen molar-refractivity contribution in [1.29, 1.82) is 0 Å². The van der Waals surface area contributed by atoms with Crippen LogP contribution in [0.2, 0.25) is 0 Å². The van der Waals surface area contributed by atoms with Gasteiger partial charge in [-0.2, -0.15) is 0 Å². The Labute approximate surface area is 132 Å². The van der Waals surface area contributed by atoms with Crippen LogP contribution in [0.4, 0.5) is 0 Å². The third kappa shape index (κ3) is 3.09. The summed E-state index contributed by atoms with van der Waals surface area (Å²) in [5, 5.41) is 0. The Kier molecular flexibility index (Phi) is 4.50. The molecule has 3 rings (SSSR count). The summed E-state index contributed by atoms with van der Waals surface area (Å²) in [5.41, 5.74) is 2.68. The third-order valence-corrected chi connectivity index (χ3v) is 4.90. The van der Waals surface area contributed by atoms with Gasteiger partial charge < -0.3 is 9.15 Å². The molecular formula is C16H20BrNO3. The smallest absolute Gasteiger partial charge is 0.408 e. The van der Waals surface area contributed by atoms with E-state index < -0.39 is 0 Å². The van der Waals surface area contributed by atoms with Gasteiger partial charge in [-0.1, -0.05) is 28.9 Å². The van der Waals surface area contributed by atoms with E-state index in [4.69, 9.17) is 9.15 Å². The molecule has 1 aliphatic rings. The Morgan fingerprint density at radius 1 is 1.48 bits per heavy atom. The van der Waals surface area contributed by atoms with Crippen molar-refractivity contribution in [1.82, 2.24) is 4.57 Å². The first kappa shape index (κ1) is 14.9. The van der Waals surface area contributed by atoms with Crippen LogP contribution >= 0.6 is 15.9 Å². The lowest BCUT2D eigenvalue weighted by Crippen LogP contribution is -2.13. The van der Waals surface area contributed by atoms with Gasteiger partial charge in [0.2, 0.25) is 0 Å². The zero-order chi connectivity index (χ0) is 14.8. The summed E-state index contributed by atoms with van der Waals surface area (Å²) in [4.78, 5) is 12.1. The van der Waals surface area contributed by atoms with E-state index in [2.05, 4.69) is 28.9 Å². The Bertz CT molecular complexity index is 670. The van der Waals surface area contributed by atoms with Gasteiger partial charge in [0, 0.05) is 18.0 Å². The number of halogens is 1. The summed E-state index contributed by atoms with van der Waals surface area (Å²) in [6, 6.07) is 6.02. The topological polar surface area (TPSA) is 44.4 Å². The molecule has 1 aromatic carbocycles. The normalized spacial score (nSPS) is 20.2. The van der Waals surface area contributed by atoms with Gasteiger partial charge in [-0.25, -0.2) is 4.79 Å². The van der Waals surface area contributed by atoms with Crippen LogP contribution in [0.3, 0.4) is 0 Å². The molecule has 2 unspecified atom stereocenters. The van der Waals surface area contributed by atoms with Gasteiger partial charge in [0.05, 0.1) is 11.6 Å². The Morgan fingerprint density at radius 2 is 2.33 bits per heavy atom. The second kappa shape index (κ2) is 6.36. The molecule has 1 aromatic heterocycles. The molecule has 0 saturated carbocycles. The number of fused-ring (bicyclic) bond motifs is 1. The lowest BCUT2D eigenvalue weighted by Gasteiger charge is -2.15. The van der Waals surface area contributed by atoms with Crippen LogP contribution < -0.4 is 5.76 Å². The molecule has 2 atom stereocenters. The first-order valence-corrected chi connectivity index (χ1v) is 8.49. The largest absolute Gasteiger partial charge is 0.419 e. The molecule has 0 bridgehead atoms. The molecule has 0 spiro atoms. The highest BCUT2D eigenvalue weighted by atomic mass is 79.9. The van der Waals surface area contributed by atoms with Crippen molar-refractivity contribution < 1.29 is 9.15 Å². The Balaban J connectivity index is 1.85. The molecule has 0 radical (unpaired) electrons. The van der Waals surface area contributed by atoms with E-state index in [0.29, 0.717) is 18.2 Å². The van der Waals surface area contributed by atoms with E-state index in [1.54, 1.807) is 4.57 Å². The van der Waals surface area contributed by atoms with E-state index in [0.717, 1.165) is 43.4 Å². The fourth-order valence-corrected chi connectivity index (χ4v) is 3.61. The molecule has 0 aliphatic carbocycles. The number of alkyl halides is 1. The molecule has 114 valence electrons. The fraction of sp³-hybridized carbons (Fsp3) is 0.562. The Morgan fingerprint density at radius 3 is 3.05 bits per heavy atom. The molecule has 4 nitrogen and oxygen atoms in total. The van der Waals surface area contributed by atoms with Crippen molar-refractivity contribution in [2.24, 2.45) is 0 Å². The van der Waals surface area contributed by atoms with Crippen molar-refractivity contribution in [2.45, 2.75) is 50.1 Å². The van der Waals surface area contributed by atoms with Gasteiger partial charge in [-0.05, 0) is 43.4 Å². The van der Waals surface area contributed by atoms with Crippen LogP contribution in [0.25, 0.3) is 11.1 Å². The number of hydrogen-bond acceptors (Lipinski definition) is 3. The van der Waals surface area contributed by atoms with Gasteiger partial charge in [0.25, 0.3) is 0 Å². The van der Waals surface area contributed by atoms with Gasteiger partial charge in [-0.15, -0.1) is 0 Å². The van der Waals surface area contributed by atoms with E-state index in [9.17, 15) is 4.79 Å². The van der Waals surface area contributed by atoms with Crippen LogP contribution in [0.15, 0.2) is 27.4 Å². The summed E-state index contributed by atoms with van der Waals surface area (Å²) in [5.74, 6) is -0.269. The minimum atomic E-state index is -0.269. The average Bonchev–Trinajstić information content (AvgIpc) is 3.07. The molecule has 21 heavy (non-hydrogen) atoms. The molecule has 2 aromatic rings. The molecule has 1 fully saturated rings. The SMILES string of the molecule is CCCn1c(=O)oc2cc(C(Br)CC3CCCO3)ccc21. The standard InChI is InChI=1S/C16H20BrNO3/c1-2-7-18-14-6-5-11(9-15(14)21-16(18)19)13(17)10-12-4-3-8-20-12/h5-6,9,12-13H,2-4,7-8,10H2,1H3. The summed E-state index contributed by atoms with van der Waals surface area (Å²) in [6.45, 7) is 3.62. The van der Waals surface area contributed by atoms with Gasteiger partial charge in [-0.3, -0.25) is 4.57 Å². The first-order valence-electron chi connectivity index (χ1n) is 7.58. The maximum absolute atomic E-state index is 11.9. The quantitative estimate of drug-likeness (QED) is 0.762. The number of aromatic nitrogens is 1. The first-order chi connectivity index (χ1) is 10.2. The van der Waals surface area contributed by atoms with Gasteiger partial charge >= 0.3 is 5.76 Å². The van der Waals surface area contributed by atoms with Gasteiger partial charge in [0.1, 0.15) is 0 Å². The van der Waals surface area contributed by atoms with Crippen LogP contribution in [0, 0.1) is 0 Å². The van der Waals surface area contributed by atoms with E-state index in [1.807, 2.05) is 12.1 Å². The molecule has 0 N–H and O–H groups in total. The number of benzene rings is 1. The summed E-state index contributed by atoms with van der Waals surface area (Å²) >= 11 is 3.73. The van der Waals surface area contributed by atoms with E-state index >= 15 is 0 Å². The second-order valence-corrected chi connectivity index (χ2v) is 6.69. The van der Waals surface area contributed by atoms with Crippen LogP contribution in [0.1, 0.15) is 43.0 Å². The highest BCUT2D eigenvalue weighted by Crippen LogP contribution is 2.33. The van der Waals surface area contributed by atoms with Crippen molar-refractivity contribution in [3.63, 3.8) is 0 Å². The zero-order valence-electron chi connectivity index (χ0n) is 12.2. The third-order valence-electron chi connectivity index (χ3n) is 4.00. The maximum Gasteiger partial charge on any atom is 0.419 e. The number of oxazole rings is 1. The maximum atomic E-state index is 11.9. The van der Waals surface area contributed by atoms with Crippen LogP contribution in [-0.4, -0.2) is 17.3 Å². The predicted molar refractivity (Wildman–Crippen MR) is 86.0 cm³/mol. The second-order valence-electron chi connectivity index (χ2n) is 5.59. The molecule has 0 amide bonds. The minimum absolute atomic E-state index is 0.227. The van der Waals surface area contributed by atoms with Crippen LogP contribution in [0.5, 0.6) is 0 Å². The summed E-state index contributed by atoms with van der Waals surface area (Å²) in [7, 11) is 0. The molecule has 2 heterocycles. The highest BCUT2D eigenvalue weighted by molar-refractivity contribution is 9.09. The molecule has 5 heteroatoms. The van der Waals surface area contributed by atoms with Crippen LogP contribution in [-0.2, 0) is 11.3 Å². The summed E-state index contributed by atoms with van der Waals surface area (Å²) in [6.07, 6.45) is 4.48. The monoisotopic (exact) mass is 353 g/mol. The van der Waals surface area contributed by atoms with Crippen molar-refractivity contribution in [3.8, 4) is 0 Å². The summed E-state index contributed by atoms with van der Waals surface area (Å²) < 4.78 is 12.7. The lowest BCUT2D eigenvalue weighted by molar-refractivity contribution is 0.104. The average molecular weight is 354 g/mol. The zero-order valence-corrected chi connectivity index (χ0v) is 13.8. The number of ether oxygens (including phenoxy) is 1. The van der Waals surface area contributed by atoms with Crippen molar-refractivity contribution in [3.05, 3.63) is 34.3 Å². The fourth-order valence-electron chi connectivity index (χ4n) is 2.91. The van der Waals surface area contributed by atoms with E-state index in [1.165, 1.54) is 0 Å². The minimum Gasteiger partial charge on any atom is -0.408 e. The number of aryl methyl sites for hydroxylation is 1. The van der Waals surface area contributed by atoms with E-state index in [-0.39, 0.29) is 10.6 Å².